The number of fused-ring (bicyclic) bond motifs is 10. The molecule has 4 heteroatoms. The van der Waals surface area contributed by atoms with Crippen molar-refractivity contribution in [2.45, 2.75) is 62.6 Å². The minimum Gasteiger partial charge on any atom is -0.497 e. The van der Waals surface area contributed by atoms with Gasteiger partial charge < -0.3 is 14.4 Å². The molecule has 0 aromatic heterocycles. The molecule has 0 N–H and O–H groups in total. The second-order valence-electron chi connectivity index (χ2n) is 15.5. The van der Waals surface area contributed by atoms with Crippen molar-refractivity contribution in [1.29, 1.82) is 0 Å². The zero-order valence-corrected chi connectivity index (χ0v) is 29.5. The van der Waals surface area contributed by atoms with Crippen LogP contribution in [-0.4, -0.2) is 44.2 Å². The number of piperidine rings is 1. The number of benzene rings is 5. The van der Waals surface area contributed by atoms with Crippen LogP contribution in [0.3, 0.4) is 0 Å². The Morgan fingerprint density at radius 1 is 0.750 bits per heavy atom. The number of rotatable bonds is 4. The zero-order chi connectivity index (χ0) is 33.6. The third-order valence-corrected chi connectivity index (χ3v) is 11.7. The Bertz CT molecular complexity index is 2070. The molecule has 2 aliphatic heterocycles. The summed E-state index contributed by atoms with van der Waals surface area (Å²) in [6.07, 6.45) is 6.72. The van der Waals surface area contributed by atoms with Crippen molar-refractivity contribution >= 4 is 22.5 Å². The molecule has 0 amide bonds. The van der Waals surface area contributed by atoms with Gasteiger partial charge in [0.25, 0.3) is 0 Å². The van der Waals surface area contributed by atoms with Gasteiger partial charge in [-0.2, -0.15) is 0 Å². The number of hydrogen-bond acceptors (Lipinski definition) is 4. The summed E-state index contributed by atoms with van der Waals surface area (Å²) in [5, 5.41) is 2.29. The largest absolute Gasteiger partial charge is 0.497 e. The molecule has 2 heterocycles. The second kappa shape index (κ2) is 10.5. The quantitative estimate of drug-likeness (QED) is 0.197. The van der Waals surface area contributed by atoms with Crippen LogP contribution < -0.4 is 14.4 Å². The van der Waals surface area contributed by atoms with Gasteiger partial charge in [0.05, 0.1) is 7.11 Å². The molecule has 4 nitrogen and oxygen atoms in total. The molecule has 5 aromatic carbocycles. The van der Waals surface area contributed by atoms with Crippen LogP contribution in [0, 0.1) is 0 Å². The number of anilines is 1. The van der Waals surface area contributed by atoms with Crippen molar-refractivity contribution in [2.24, 2.45) is 0 Å². The lowest BCUT2D eigenvalue weighted by molar-refractivity contribution is -0.0318. The monoisotopic (exact) mass is 634 g/mol. The lowest BCUT2D eigenvalue weighted by atomic mass is 9.59. The highest BCUT2D eigenvalue weighted by Gasteiger charge is 2.57. The smallest absolute Gasteiger partial charge is 0.178 e. The van der Waals surface area contributed by atoms with Crippen molar-refractivity contribution in [3.05, 3.63) is 131 Å². The van der Waals surface area contributed by atoms with Gasteiger partial charge in [-0.1, -0.05) is 72.8 Å². The maximum absolute atomic E-state index is 7.62. The van der Waals surface area contributed by atoms with Crippen LogP contribution in [0.15, 0.2) is 103 Å². The number of likely N-dealkylation sites (tertiary alicyclic amines) is 1. The van der Waals surface area contributed by atoms with Crippen molar-refractivity contribution in [2.75, 3.05) is 33.2 Å². The number of ether oxygens (including phenoxy) is 2. The highest BCUT2D eigenvalue weighted by Crippen LogP contribution is 2.64. The van der Waals surface area contributed by atoms with Gasteiger partial charge in [0.1, 0.15) is 11.5 Å². The number of nitrogens with zero attached hydrogens (tertiary/aromatic N) is 2. The van der Waals surface area contributed by atoms with Gasteiger partial charge in [0, 0.05) is 58.4 Å². The molecule has 3 aliphatic rings. The molecular weight excluding hydrogens is 588 g/mol. The Labute approximate surface area is 285 Å². The molecule has 1 atom stereocenters. The van der Waals surface area contributed by atoms with Gasteiger partial charge in [-0.05, 0) is 112 Å². The maximum Gasteiger partial charge on any atom is 0.178 e. The lowest BCUT2D eigenvalue weighted by Crippen LogP contribution is -2.62. The van der Waals surface area contributed by atoms with Crippen molar-refractivity contribution in [3.8, 4) is 22.6 Å². The highest BCUT2D eigenvalue weighted by molar-refractivity contribution is 6.09. The van der Waals surface area contributed by atoms with E-state index in [0.29, 0.717) is 0 Å². The fraction of sp³-hybridized carbons (Fsp3) is 0.318. The lowest BCUT2D eigenvalue weighted by Gasteiger charge is -2.58. The zero-order valence-electron chi connectivity index (χ0n) is 29.5. The van der Waals surface area contributed by atoms with Crippen LogP contribution in [0.2, 0.25) is 0 Å². The summed E-state index contributed by atoms with van der Waals surface area (Å²) in [4.78, 5) is 4.73. The van der Waals surface area contributed by atoms with Crippen LogP contribution in [0.4, 0.5) is 5.69 Å². The molecule has 1 spiro atoms. The molecule has 0 bridgehead atoms. The summed E-state index contributed by atoms with van der Waals surface area (Å²) in [7, 11) is 8.20. The maximum atomic E-state index is 7.62. The van der Waals surface area contributed by atoms with E-state index in [1.807, 2.05) is 0 Å². The van der Waals surface area contributed by atoms with E-state index in [1.54, 1.807) is 7.11 Å². The SMILES string of the molecule is COc1ccc2c3c(c4c(c2c1)OC(c1ccccc1)(c1ccc(N(C)C)cc1)C=C4)C1(CC(C)(C)N(C)C(C)(C)C1)c1ccccc1-3. The average molecular weight is 635 g/mol. The number of methoxy groups -OCH3 is 1. The first-order valence-corrected chi connectivity index (χ1v) is 17.2. The Kier molecular flexibility index (Phi) is 6.72. The molecule has 1 saturated heterocycles. The van der Waals surface area contributed by atoms with Gasteiger partial charge in [-0.3, -0.25) is 4.90 Å². The van der Waals surface area contributed by atoms with E-state index < -0.39 is 5.60 Å². The third kappa shape index (κ3) is 4.24. The van der Waals surface area contributed by atoms with Gasteiger partial charge in [0.2, 0.25) is 0 Å². The molecule has 0 radical (unpaired) electrons. The summed E-state index contributed by atoms with van der Waals surface area (Å²) in [5.41, 5.74) is 9.01. The van der Waals surface area contributed by atoms with E-state index in [-0.39, 0.29) is 16.5 Å². The van der Waals surface area contributed by atoms with Crippen LogP contribution in [-0.2, 0) is 11.0 Å². The van der Waals surface area contributed by atoms with Crippen molar-refractivity contribution < 1.29 is 9.47 Å². The normalized spacial score (nSPS) is 21.3. The molecule has 5 aromatic rings. The predicted molar refractivity (Wildman–Crippen MR) is 200 cm³/mol. The first-order valence-electron chi connectivity index (χ1n) is 17.2. The third-order valence-electron chi connectivity index (χ3n) is 11.7. The molecule has 1 aliphatic carbocycles. The van der Waals surface area contributed by atoms with Crippen LogP contribution in [0.5, 0.6) is 11.5 Å². The van der Waals surface area contributed by atoms with Crippen LogP contribution in [0.25, 0.3) is 28.0 Å². The van der Waals surface area contributed by atoms with Crippen LogP contribution >= 0.6 is 0 Å². The van der Waals surface area contributed by atoms with Crippen LogP contribution in [0.1, 0.15) is 68.4 Å². The van der Waals surface area contributed by atoms with Crippen molar-refractivity contribution in [1.82, 2.24) is 4.90 Å². The minimum atomic E-state index is -0.812. The molecule has 8 rings (SSSR count). The van der Waals surface area contributed by atoms with Crippen molar-refractivity contribution in [3.63, 3.8) is 0 Å². The van der Waals surface area contributed by atoms with Gasteiger partial charge >= 0.3 is 0 Å². The predicted octanol–water partition coefficient (Wildman–Crippen LogP) is 9.81. The first kappa shape index (κ1) is 30.8. The summed E-state index contributed by atoms with van der Waals surface area (Å²) in [6, 6.07) is 35.2. The molecule has 0 saturated carbocycles. The van der Waals surface area contributed by atoms with Gasteiger partial charge in [-0.25, -0.2) is 0 Å². The summed E-state index contributed by atoms with van der Waals surface area (Å²) in [5.74, 6) is 1.75. The summed E-state index contributed by atoms with van der Waals surface area (Å²) >= 11 is 0. The summed E-state index contributed by atoms with van der Waals surface area (Å²) < 4.78 is 13.5. The fourth-order valence-corrected chi connectivity index (χ4v) is 9.41. The van der Waals surface area contributed by atoms with Gasteiger partial charge in [-0.15, -0.1) is 0 Å². The number of hydrogen-bond donors (Lipinski definition) is 0. The first-order chi connectivity index (χ1) is 22.9. The second-order valence-corrected chi connectivity index (χ2v) is 15.5. The topological polar surface area (TPSA) is 24.9 Å². The van der Waals surface area contributed by atoms with E-state index in [0.717, 1.165) is 46.5 Å². The Morgan fingerprint density at radius 3 is 2.06 bits per heavy atom. The standard InChI is InChI=1S/C44H46N2O2/c1-41(2)27-43(28-42(3,4)46(41)7)37-17-13-12-16-34(37)38-33-23-22-32(47-8)26-36(33)40-35(39(38)43)24-25-44(48-40,29-14-10-9-11-15-29)30-18-20-31(21-19-30)45(5)6/h9-26H,27-28H2,1-8H3. The molecule has 1 fully saturated rings. The Hall–Kier alpha value is -4.54. The van der Waals surface area contributed by atoms with Gasteiger partial charge in [0.15, 0.2) is 5.60 Å². The van der Waals surface area contributed by atoms with E-state index in [4.69, 9.17) is 9.47 Å². The minimum absolute atomic E-state index is 0.0283. The Morgan fingerprint density at radius 2 is 1.40 bits per heavy atom. The highest BCUT2D eigenvalue weighted by atomic mass is 16.5. The average Bonchev–Trinajstić information content (AvgIpc) is 3.35. The van der Waals surface area contributed by atoms with E-state index in [1.165, 1.54) is 33.2 Å². The fourth-order valence-electron chi connectivity index (χ4n) is 9.41. The van der Waals surface area contributed by atoms with E-state index >= 15 is 0 Å². The molecular formula is C44H46N2O2. The molecule has 244 valence electrons. The van der Waals surface area contributed by atoms with E-state index in [9.17, 15) is 0 Å². The summed E-state index contributed by atoms with van der Waals surface area (Å²) in [6.45, 7) is 9.66. The molecule has 1 unspecified atom stereocenters. The van der Waals surface area contributed by atoms with E-state index in [2.05, 4.69) is 168 Å². The Balaban J connectivity index is 1.47. The molecule has 48 heavy (non-hydrogen) atoms.